The summed E-state index contributed by atoms with van der Waals surface area (Å²) in [4.78, 5) is 12.5. The molecule has 0 N–H and O–H groups in total. The van der Waals surface area contributed by atoms with Crippen LogP contribution in [0.25, 0.3) is 0 Å². The van der Waals surface area contributed by atoms with Gasteiger partial charge in [0.05, 0.1) is 16.2 Å². The average Bonchev–Trinajstić information content (AvgIpc) is 3.00. The number of piperidine rings is 1. The summed E-state index contributed by atoms with van der Waals surface area (Å²) in [5.41, 5.74) is 1.26. The number of nitro groups is 1. The molecule has 5 heteroatoms. The molecule has 2 fully saturated rings. The van der Waals surface area contributed by atoms with E-state index in [0.29, 0.717) is 11.6 Å². The number of non-ortho nitro benzene ring substituents is 1. The standard InChI is InChI=1S/C13H13N3O2/c14-7-10-6-12(16(17)18)3-4-13(10)15-8-9-1-2-11(15)5-9/h3-4,6,9,11H,1-2,5,8H2. The third kappa shape index (κ3) is 1.61. The molecule has 1 aliphatic carbocycles. The second-order valence-electron chi connectivity index (χ2n) is 5.06. The van der Waals surface area contributed by atoms with Crippen molar-refractivity contribution in [1.82, 2.24) is 0 Å². The van der Waals surface area contributed by atoms with Crippen LogP contribution in [0.1, 0.15) is 24.8 Å². The molecule has 1 saturated carbocycles. The minimum absolute atomic E-state index is 0.0142. The maximum atomic E-state index is 10.7. The van der Waals surface area contributed by atoms with E-state index in [1.807, 2.05) is 0 Å². The first-order valence-electron chi connectivity index (χ1n) is 6.14. The largest absolute Gasteiger partial charge is 0.367 e. The van der Waals surface area contributed by atoms with E-state index in [2.05, 4.69) is 11.0 Å². The molecule has 18 heavy (non-hydrogen) atoms. The van der Waals surface area contributed by atoms with Gasteiger partial charge in [-0.3, -0.25) is 10.1 Å². The van der Waals surface area contributed by atoms with Crippen LogP contribution in [0.3, 0.4) is 0 Å². The van der Waals surface area contributed by atoms with Crippen molar-refractivity contribution in [2.75, 3.05) is 11.4 Å². The Labute approximate surface area is 105 Å². The molecule has 1 aromatic carbocycles. The van der Waals surface area contributed by atoms with Crippen LogP contribution in [0.4, 0.5) is 11.4 Å². The summed E-state index contributed by atoms with van der Waals surface area (Å²) in [7, 11) is 0. The zero-order chi connectivity index (χ0) is 12.7. The Bertz CT molecular complexity index is 550. The normalized spacial score (nSPS) is 25.2. The zero-order valence-corrected chi connectivity index (χ0v) is 9.87. The second kappa shape index (κ2) is 3.98. The van der Waals surface area contributed by atoms with Crippen molar-refractivity contribution in [3.8, 4) is 6.07 Å². The SMILES string of the molecule is N#Cc1cc([N+](=O)[O-])ccc1N1CC2CCC1C2. The van der Waals surface area contributed by atoms with E-state index in [0.717, 1.165) is 18.2 Å². The first kappa shape index (κ1) is 11.0. The van der Waals surface area contributed by atoms with Gasteiger partial charge in [0, 0.05) is 24.7 Å². The molecule has 0 amide bonds. The number of rotatable bonds is 2. The van der Waals surface area contributed by atoms with Gasteiger partial charge < -0.3 is 4.90 Å². The van der Waals surface area contributed by atoms with E-state index >= 15 is 0 Å². The lowest BCUT2D eigenvalue weighted by molar-refractivity contribution is -0.384. The summed E-state index contributed by atoms with van der Waals surface area (Å²) in [6.45, 7) is 0.983. The zero-order valence-electron chi connectivity index (χ0n) is 9.87. The minimum atomic E-state index is -0.458. The topological polar surface area (TPSA) is 70.2 Å². The fourth-order valence-corrected chi connectivity index (χ4v) is 3.20. The average molecular weight is 243 g/mol. The first-order valence-corrected chi connectivity index (χ1v) is 6.14. The van der Waals surface area contributed by atoms with E-state index in [4.69, 9.17) is 5.26 Å². The lowest BCUT2D eigenvalue weighted by Gasteiger charge is -2.29. The number of anilines is 1. The predicted molar refractivity (Wildman–Crippen MR) is 66.3 cm³/mol. The van der Waals surface area contributed by atoms with Crippen LogP contribution >= 0.6 is 0 Å². The second-order valence-corrected chi connectivity index (χ2v) is 5.06. The Morgan fingerprint density at radius 3 is 2.83 bits per heavy atom. The van der Waals surface area contributed by atoms with Gasteiger partial charge in [0.25, 0.3) is 5.69 Å². The quantitative estimate of drug-likeness (QED) is 0.591. The molecule has 5 nitrogen and oxygen atoms in total. The van der Waals surface area contributed by atoms with Crippen molar-refractivity contribution in [2.45, 2.75) is 25.3 Å². The van der Waals surface area contributed by atoms with Crippen LogP contribution in [0.15, 0.2) is 18.2 Å². The number of fused-ring (bicyclic) bond motifs is 2. The van der Waals surface area contributed by atoms with Crippen molar-refractivity contribution in [3.05, 3.63) is 33.9 Å². The van der Waals surface area contributed by atoms with E-state index in [1.54, 1.807) is 6.07 Å². The summed E-state index contributed by atoms with van der Waals surface area (Å²) in [5, 5.41) is 19.9. The Hall–Kier alpha value is -2.09. The first-order chi connectivity index (χ1) is 8.69. The molecular weight excluding hydrogens is 230 g/mol. The molecule has 2 unspecified atom stereocenters. The number of nitriles is 1. The fraction of sp³-hybridized carbons (Fsp3) is 0.462. The van der Waals surface area contributed by atoms with Crippen molar-refractivity contribution < 1.29 is 4.92 Å². The maximum Gasteiger partial charge on any atom is 0.270 e. The summed E-state index contributed by atoms with van der Waals surface area (Å²) in [5.74, 6) is 0.733. The molecule has 2 bridgehead atoms. The monoisotopic (exact) mass is 243 g/mol. The number of hydrogen-bond acceptors (Lipinski definition) is 4. The van der Waals surface area contributed by atoms with Gasteiger partial charge in [0.1, 0.15) is 6.07 Å². The van der Waals surface area contributed by atoms with Crippen molar-refractivity contribution >= 4 is 11.4 Å². The van der Waals surface area contributed by atoms with Crippen LogP contribution in [0.2, 0.25) is 0 Å². The number of nitrogens with zero attached hydrogens (tertiary/aromatic N) is 3. The Balaban J connectivity index is 1.97. The molecule has 1 heterocycles. The number of benzene rings is 1. The Morgan fingerprint density at radius 1 is 1.44 bits per heavy atom. The summed E-state index contributed by atoms with van der Waals surface area (Å²) in [6, 6.07) is 7.18. The van der Waals surface area contributed by atoms with E-state index in [-0.39, 0.29) is 5.69 Å². The fourth-order valence-electron chi connectivity index (χ4n) is 3.20. The van der Waals surface area contributed by atoms with Gasteiger partial charge in [-0.15, -0.1) is 0 Å². The van der Waals surface area contributed by atoms with Crippen LogP contribution in [0.5, 0.6) is 0 Å². The van der Waals surface area contributed by atoms with Gasteiger partial charge in [0.15, 0.2) is 0 Å². The third-order valence-corrected chi connectivity index (χ3v) is 4.03. The Morgan fingerprint density at radius 2 is 2.28 bits per heavy atom. The highest BCUT2D eigenvalue weighted by Gasteiger charge is 2.38. The minimum Gasteiger partial charge on any atom is -0.367 e. The van der Waals surface area contributed by atoms with E-state index in [1.165, 1.54) is 31.4 Å². The Kier molecular flexibility index (Phi) is 2.44. The predicted octanol–water partition coefficient (Wildman–Crippen LogP) is 2.46. The van der Waals surface area contributed by atoms with Gasteiger partial charge >= 0.3 is 0 Å². The van der Waals surface area contributed by atoms with Crippen molar-refractivity contribution in [2.24, 2.45) is 5.92 Å². The van der Waals surface area contributed by atoms with Crippen LogP contribution in [-0.2, 0) is 0 Å². The highest BCUT2D eigenvalue weighted by Crippen LogP contribution is 2.41. The molecule has 1 aliphatic heterocycles. The van der Waals surface area contributed by atoms with Crippen molar-refractivity contribution in [1.29, 1.82) is 5.26 Å². The van der Waals surface area contributed by atoms with Gasteiger partial charge in [-0.1, -0.05) is 0 Å². The van der Waals surface area contributed by atoms with Crippen LogP contribution in [-0.4, -0.2) is 17.5 Å². The summed E-state index contributed by atoms with van der Waals surface area (Å²) >= 11 is 0. The summed E-state index contributed by atoms with van der Waals surface area (Å²) < 4.78 is 0. The molecule has 0 radical (unpaired) electrons. The molecule has 3 rings (SSSR count). The third-order valence-electron chi connectivity index (χ3n) is 4.03. The van der Waals surface area contributed by atoms with E-state index in [9.17, 15) is 10.1 Å². The smallest absolute Gasteiger partial charge is 0.270 e. The molecule has 1 aromatic rings. The number of hydrogen-bond donors (Lipinski definition) is 0. The highest BCUT2D eigenvalue weighted by atomic mass is 16.6. The molecule has 0 spiro atoms. The van der Waals surface area contributed by atoms with Crippen LogP contribution in [0, 0.1) is 27.4 Å². The molecule has 2 aliphatic rings. The molecule has 2 atom stereocenters. The van der Waals surface area contributed by atoms with Gasteiger partial charge in [0.2, 0.25) is 0 Å². The lowest BCUT2D eigenvalue weighted by atomic mass is 10.1. The van der Waals surface area contributed by atoms with E-state index < -0.39 is 4.92 Å². The van der Waals surface area contributed by atoms with Crippen LogP contribution < -0.4 is 4.90 Å². The molecule has 92 valence electrons. The summed E-state index contributed by atoms with van der Waals surface area (Å²) in [6.07, 6.45) is 3.64. The lowest BCUT2D eigenvalue weighted by Crippen LogP contribution is -2.32. The number of nitro benzene ring substituents is 1. The highest BCUT2D eigenvalue weighted by molar-refractivity contribution is 5.64. The van der Waals surface area contributed by atoms with Gasteiger partial charge in [-0.2, -0.15) is 5.26 Å². The van der Waals surface area contributed by atoms with Gasteiger partial charge in [-0.05, 0) is 31.2 Å². The molecular formula is C13H13N3O2. The maximum absolute atomic E-state index is 10.7. The van der Waals surface area contributed by atoms with Crippen molar-refractivity contribution in [3.63, 3.8) is 0 Å². The molecule has 0 aromatic heterocycles. The molecule has 1 saturated heterocycles. The van der Waals surface area contributed by atoms with Gasteiger partial charge in [-0.25, -0.2) is 0 Å².